The highest BCUT2D eigenvalue weighted by Gasteiger charge is 2.11. The fourth-order valence-corrected chi connectivity index (χ4v) is 2.71. The van der Waals surface area contributed by atoms with Crippen molar-refractivity contribution in [3.8, 4) is 0 Å². The van der Waals surface area contributed by atoms with E-state index in [1.807, 2.05) is 24.3 Å². The van der Waals surface area contributed by atoms with Gasteiger partial charge in [-0.15, -0.1) is 0 Å². The van der Waals surface area contributed by atoms with Crippen LogP contribution in [0.25, 0.3) is 0 Å². The molecule has 1 unspecified atom stereocenters. The van der Waals surface area contributed by atoms with Gasteiger partial charge in [0.25, 0.3) is 0 Å². The largest absolute Gasteiger partial charge is 0.389 e. The average Bonchev–Trinajstić information content (AvgIpc) is 2.38. The van der Waals surface area contributed by atoms with E-state index in [1.54, 1.807) is 6.07 Å². The molecule has 2 rings (SSSR count). The van der Waals surface area contributed by atoms with Crippen LogP contribution in [0.1, 0.15) is 24.1 Å². The van der Waals surface area contributed by atoms with E-state index in [1.165, 1.54) is 0 Å². The van der Waals surface area contributed by atoms with E-state index < -0.39 is 0 Å². The van der Waals surface area contributed by atoms with Gasteiger partial charge < -0.3 is 11.1 Å². The first-order valence-electron chi connectivity index (χ1n) is 6.08. The Hall–Kier alpha value is -1.10. The number of anilines is 1. The maximum atomic E-state index is 6.04. The van der Waals surface area contributed by atoms with Crippen LogP contribution in [-0.2, 0) is 0 Å². The molecule has 0 aromatic heterocycles. The van der Waals surface area contributed by atoms with Crippen molar-refractivity contribution in [3.63, 3.8) is 0 Å². The van der Waals surface area contributed by atoms with Crippen LogP contribution < -0.4 is 11.1 Å². The van der Waals surface area contributed by atoms with E-state index in [2.05, 4.69) is 40.3 Å². The monoisotopic (exact) mass is 368 g/mol. The molecule has 20 heavy (non-hydrogen) atoms. The Balaban J connectivity index is 2.29. The molecule has 0 radical (unpaired) electrons. The number of nitrogens with two attached hydrogens (primary N) is 1. The Kier molecular flexibility index (Phi) is 5.02. The predicted octanol–water partition coefficient (Wildman–Crippen LogP) is 4.91. The second kappa shape index (κ2) is 6.57. The Labute approximate surface area is 137 Å². The van der Waals surface area contributed by atoms with E-state index in [0.717, 1.165) is 21.3 Å². The van der Waals surface area contributed by atoms with E-state index >= 15 is 0 Å². The Morgan fingerprint density at radius 3 is 2.70 bits per heavy atom. The molecular formula is C15H14BrClN2S. The lowest BCUT2D eigenvalue weighted by Gasteiger charge is -2.18. The lowest BCUT2D eigenvalue weighted by Crippen LogP contribution is -2.15. The molecule has 0 aliphatic rings. The molecule has 2 nitrogen and oxygen atoms in total. The summed E-state index contributed by atoms with van der Waals surface area (Å²) in [6.45, 7) is 2.08. The first kappa shape index (κ1) is 15.3. The highest BCUT2D eigenvalue weighted by atomic mass is 79.9. The van der Waals surface area contributed by atoms with E-state index in [4.69, 9.17) is 29.6 Å². The molecule has 2 aromatic rings. The van der Waals surface area contributed by atoms with Gasteiger partial charge >= 0.3 is 0 Å². The number of benzene rings is 2. The van der Waals surface area contributed by atoms with Crippen molar-refractivity contribution in [1.29, 1.82) is 0 Å². The van der Waals surface area contributed by atoms with Crippen molar-refractivity contribution in [2.75, 3.05) is 5.32 Å². The lowest BCUT2D eigenvalue weighted by atomic mass is 10.1. The lowest BCUT2D eigenvalue weighted by molar-refractivity contribution is 0.883. The van der Waals surface area contributed by atoms with Gasteiger partial charge in [-0.1, -0.05) is 51.9 Å². The number of rotatable bonds is 4. The summed E-state index contributed by atoms with van der Waals surface area (Å²) in [5, 5.41) is 4.05. The van der Waals surface area contributed by atoms with Gasteiger partial charge in [0.2, 0.25) is 0 Å². The second-order valence-corrected chi connectivity index (χ2v) is 6.27. The van der Waals surface area contributed by atoms with Gasteiger partial charge in [-0.25, -0.2) is 0 Å². The van der Waals surface area contributed by atoms with Crippen LogP contribution in [0.3, 0.4) is 0 Å². The molecule has 104 valence electrons. The van der Waals surface area contributed by atoms with E-state index in [9.17, 15) is 0 Å². The van der Waals surface area contributed by atoms with Crippen LogP contribution in [0.15, 0.2) is 46.9 Å². The average molecular weight is 370 g/mol. The molecule has 0 saturated carbocycles. The van der Waals surface area contributed by atoms with Crippen LogP contribution in [0.4, 0.5) is 5.69 Å². The SMILES string of the molecule is CC(Nc1cc(Cl)ccc1C(N)=S)c1cccc(Br)c1. The zero-order valence-corrected chi connectivity index (χ0v) is 14.0. The van der Waals surface area contributed by atoms with Gasteiger partial charge in [0, 0.05) is 26.8 Å². The molecule has 1 atom stereocenters. The smallest absolute Gasteiger partial charge is 0.106 e. The maximum Gasteiger partial charge on any atom is 0.106 e. The molecule has 3 N–H and O–H groups in total. The number of hydrogen-bond acceptors (Lipinski definition) is 2. The van der Waals surface area contributed by atoms with Crippen molar-refractivity contribution in [3.05, 3.63) is 63.1 Å². The van der Waals surface area contributed by atoms with Crippen LogP contribution in [0.2, 0.25) is 5.02 Å². The number of nitrogens with one attached hydrogen (secondary N) is 1. The van der Waals surface area contributed by atoms with Crippen molar-refractivity contribution in [2.24, 2.45) is 5.73 Å². The van der Waals surface area contributed by atoms with Gasteiger partial charge in [0.1, 0.15) is 4.99 Å². The van der Waals surface area contributed by atoms with Crippen LogP contribution in [0.5, 0.6) is 0 Å². The number of thiocarbonyl (C=S) groups is 1. The van der Waals surface area contributed by atoms with Gasteiger partial charge in [-0.2, -0.15) is 0 Å². The van der Waals surface area contributed by atoms with E-state index in [0.29, 0.717) is 10.0 Å². The zero-order chi connectivity index (χ0) is 14.7. The van der Waals surface area contributed by atoms with Crippen molar-refractivity contribution in [1.82, 2.24) is 0 Å². The molecule has 0 fully saturated rings. The third kappa shape index (κ3) is 3.72. The van der Waals surface area contributed by atoms with Crippen molar-refractivity contribution < 1.29 is 0 Å². The minimum atomic E-state index is 0.110. The summed E-state index contributed by atoms with van der Waals surface area (Å²) in [7, 11) is 0. The quantitative estimate of drug-likeness (QED) is 0.752. The fourth-order valence-electron chi connectivity index (χ4n) is 1.94. The minimum absolute atomic E-state index is 0.110. The number of hydrogen-bond donors (Lipinski definition) is 2. The predicted molar refractivity (Wildman–Crippen MR) is 93.5 cm³/mol. The summed E-state index contributed by atoms with van der Waals surface area (Å²) in [5.41, 5.74) is 8.55. The minimum Gasteiger partial charge on any atom is -0.389 e. The number of halogens is 2. The standard InChI is InChI=1S/C15H14BrClN2S/c1-9(10-3-2-4-11(16)7-10)19-14-8-12(17)5-6-13(14)15(18)20/h2-9,19H,1H3,(H2,18,20). The summed E-state index contributed by atoms with van der Waals surface area (Å²) in [4.78, 5) is 0.352. The Morgan fingerprint density at radius 2 is 2.05 bits per heavy atom. The highest BCUT2D eigenvalue weighted by Crippen LogP contribution is 2.26. The van der Waals surface area contributed by atoms with Crippen LogP contribution in [0, 0.1) is 0 Å². The molecule has 0 bridgehead atoms. The molecule has 2 aromatic carbocycles. The third-order valence-electron chi connectivity index (χ3n) is 2.97. The Morgan fingerprint density at radius 1 is 1.30 bits per heavy atom. The summed E-state index contributed by atoms with van der Waals surface area (Å²) in [5.74, 6) is 0. The van der Waals surface area contributed by atoms with Gasteiger partial charge in [-0.05, 0) is 42.8 Å². The van der Waals surface area contributed by atoms with Gasteiger partial charge in [0.15, 0.2) is 0 Å². The summed E-state index contributed by atoms with van der Waals surface area (Å²) < 4.78 is 1.05. The molecule has 0 spiro atoms. The molecule has 0 saturated heterocycles. The van der Waals surface area contributed by atoms with E-state index in [-0.39, 0.29) is 6.04 Å². The molecule has 0 amide bonds. The van der Waals surface area contributed by atoms with Gasteiger partial charge in [0.05, 0.1) is 0 Å². The van der Waals surface area contributed by atoms with Crippen LogP contribution >= 0.6 is 39.7 Å². The summed E-state index contributed by atoms with van der Waals surface area (Å²) in [6, 6.07) is 13.7. The van der Waals surface area contributed by atoms with Crippen molar-refractivity contribution >= 4 is 50.4 Å². The van der Waals surface area contributed by atoms with Crippen LogP contribution in [-0.4, -0.2) is 4.99 Å². The Bertz CT molecular complexity index is 646. The van der Waals surface area contributed by atoms with Gasteiger partial charge in [-0.3, -0.25) is 0 Å². The molecule has 0 aliphatic carbocycles. The molecule has 5 heteroatoms. The third-order valence-corrected chi connectivity index (χ3v) is 3.92. The summed E-state index contributed by atoms with van der Waals surface area (Å²) in [6.07, 6.45) is 0. The highest BCUT2D eigenvalue weighted by molar-refractivity contribution is 9.10. The zero-order valence-electron chi connectivity index (χ0n) is 10.9. The summed E-state index contributed by atoms with van der Waals surface area (Å²) >= 11 is 14.6. The molecule has 0 aliphatic heterocycles. The first-order chi connectivity index (χ1) is 9.47. The second-order valence-electron chi connectivity index (χ2n) is 4.48. The normalized spacial score (nSPS) is 11.9. The van der Waals surface area contributed by atoms with Crippen molar-refractivity contribution in [2.45, 2.75) is 13.0 Å². The topological polar surface area (TPSA) is 38.0 Å². The first-order valence-corrected chi connectivity index (χ1v) is 7.66. The molecule has 0 heterocycles. The maximum absolute atomic E-state index is 6.04. The molecular weight excluding hydrogens is 356 g/mol. The fraction of sp³-hybridized carbons (Fsp3) is 0.133.